The summed E-state index contributed by atoms with van der Waals surface area (Å²) in [6.07, 6.45) is 10.6. The highest BCUT2D eigenvalue weighted by atomic mass is 16.5. The molecule has 0 aromatic heterocycles. The molecule has 0 bridgehead atoms. The van der Waals surface area contributed by atoms with E-state index in [1.165, 1.54) is 11.1 Å². The quantitative estimate of drug-likeness (QED) is 0.0694. The Bertz CT molecular complexity index is 2780. The van der Waals surface area contributed by atoms with Gasteiger partial charge in [-0.1, -0.05) is 125 Å². The highest BCUT2D eigenvalue weighted by Gasteiger charge is 2.39. The lowest BCUT2D eigenvalue weighted by Crippen LogP contribution is -2.28. The van der Waals surface area contributed by atoms with Gasteiger partial charge in [0.2, 0.25) is 0 Å². The molecule has 0 saturated heterocycles. The molecule has 2 aliphatic rings. The Kier molecular flexibility index (Phi) is 12.4. The average molecular weight is 844 g/mol. The van der Waals surface area contributed by atoms with E-state index >= 15 is 0 Å². The minimum atomic E-state index is -0.519. The second-order valence-electron chi connectivity index (χ2n) is 17.1. The van der Waals surface area contributed by atoms with Crippen molar-refractivity contribution < 1.29 is 19.1 Å². The van der Waals surface area contributed by atoms with E-state index in [2.05, 4.69) is 123 Å². The maximum Gasteiger partial charge on any atom is 0.343 e. The Morgan fingerprint density at radius 2 is 1.22 bits per heavy atom. The van der Waals surface area contributed by atoms with Crippen LogP contribution in [0.25, 0.3) is 0 Å². The fourth-order valence-electron chi connectivity index (χ4n) is 8.76. The van der Waals surface area contributed by atoms with Gasteiger partial charge in [-0.2, -0.15) is 0 Å². The van der Waals surface area contributed by atoms with Crippen molar-refractivity contribution in [2.45, 2.75) is 51.4 Å². The normalized spacial score (nSPS) is 16.1. The molecule has 7 nitrogen and oxygen atoms in total. The van der Waals surface area contributed by atoms with Crippen LogP contribution in [0.5, 0.6) is 11.5 Å². The number of aliphatic imine (C=N–C) groups is 1. The highest BCUT2D eigenvalue weighted by molar-refractivity contribution is 6.03. The third-order valence-electron chi connectivity index (χ3n) is 12.3. The minimum absolute atomic E-state index is 0.380. The lowest BCUT2D eigenvalue weighted by atomic mass is 9.79. The van der Waals surface area contributed by atoms with Crippen LogP contribution in [0.3, 0.4) is 0 Å². The highest BCUT2D eigenvalue weighted by Crippen LogP contribution is 2.49. The average Bonchev–Trinajstić information content (AvgIpc) is 3.79. The van der Waals surface area contributed by atoms with Crippen molar-refractivity contribution in [3.8, 4) is 11.5 Å². The fourth-order valence-corrected chi connectivity index (χ4v) is 8.76. The standard InChI is InChI=1S/C57H53N3O4/c1-56(2,44-24-19-29-47(38-44)63-54(61)42-20-11-7-12-21-42)51(58-5)36-32-40-30-31-41(53(40)60(45-25-15-9-16-26-45)46-27-17-10-18-28-46)33-37-52-57(3,4)49-39-48(34-35-50(49)59(52)6)64-55(62)43-22-13-8-14-23-43/h7-29,32-39H,30-31H2,1-6H3/b36-32+,41-33+,52-37+,58-51+. The molecule has 320 valence electrons. The Hall–Kier alpha value is -7.51. The van der Waals surface area contributed by atoms with Crippen molar-refractivity contribution in [2.24, 2.45) is 4.99 Å². The van der Waals surface area contributed by atoms with Crippen LogP contribution in [0.15, 0.2) is 216 Å². The minimum Gasteiger partial charge on any atom is -0.423 e. The van der Waals surface area contributed by atoms with Gasteiger partial charge in [-0.25, -0.2) is 9.59 Å². The molecule has 64 heavy (non-hydrogen) atoms. The second kappa shape index (κ2) is 18.5. The summed E-state index contributed by atoms with van der Waals surface area (Å²) in [6, 6.07) is 52.7. The number of rotatable bonds is 12. The first-order chi connectivity index (χ1) is 30.9. The number of likely N-dealkylation sites (N-methyl/N-ethyl adjacent to an activating group) is 1. The van der Waals surface area contributed by atoms with Crippen molar-refractivity contribution in [1.29, 1.82) is 0 Å². The van der Waals surface area contributed by atoms with E-state index in [9.17, 15) is 9.59 Å². The van der Waals surface area contributed by atoms with Gasteiger partial charge < -0.3 is 19.3 Å². The molecule has 1 aliphatic carbocycles. The summed E-state index contributed by atoms with van der Waals surface area (Å²) in [5, 5.41) is 0. The molecule has 7 heteroatoms. The Labute approximate surface area is 377 Å². The van der Waals surface area contributed by atoms with Crippen molar-refractivity contribution >= 4 is 34.7 Å². The van der Waals surface area contributed by atoms with Crippen molar-refractivity contribution in [1.82, 2.24) is 0 Å². The van der Waals surface area contributed by atoms with Crippen LogP contribution in [-0.4, -0.2) is 31.7 Å². The van der Waals surface area contributed by atoms with Gasteiger partial charge in [-0.3, -0.25) is 4.99 Å². The van der Waals surface area contributed by atoms with Crippen LogP contribution in [0.2, 0.25) is 0 Å². The number of fused-ring (bicyclic) bond motifs is 1. The van der Waals surface area contributed by atoms with Gasteiger partial charge >= 0.3 is 11.9 Å². The number of hydrogen-bond donors (Lipinski definition) is 0. The topological polar surface area (TPSA) is 71.4 Å². The molecule has 1 aliphatic heterocycles. The van der Waals surface area contributed by atoms with Gasteiger partial charge in [0.25, 0.3) is 0 Å². The molecule has 1 heterocycles. The lowest BCUT2D eigenvalue weighted by Gasteiger charge is -2.29. The van der Waals surface area contributed by atoms with E-state index in [0.717, 1.165) is 58.1 Å². The summed E-state index contributed by atoms with van der Waals surface area (Å²) < 4.78 is 11.7. The van der Waals surface area contributed by atoms with Crippen LogP contribution in [0.4, 0.5) is 17.1 Å². The molecule has 8 rings (SSSR count). The largest absolute Gasteiger partial charge is 0.423 e. The SMILES string of the molecule is C/N=C(\C=C\C1=C(N(c2ccccc2)c2ccccc2)C(=C/C=C2/N(C)c3ccc(OC(=O)c4ccccc4)cc3C2(C)C)/CC1)C(C)(C)c1cccc(OC(=O)c2ccccc2)c1. The van der Waals surface area contributed by atoms with Gasteiger partial charge in [0, 0.05) is 53.4 Å². The van der Waals surface area contributed by atoms with Crippen LogP contribution in [0.1, 0.15) is 72.4 Å². The van der Waals surface area contributed by atoms with E-state index in [1.54, 1.807) is 24.3 Å². The molecule has 6 aromatic carbocycles. The van der Waals surface area contributed by atoms with Gasteiger partial charge in [-0.05, 0) is 126 Å². The number of para-hydroxylation sites is 2. The third kappa shape index (κ3) is 8.88. The molecule has 0 fully saturated rings. The van der Waals surface area contributed by atoms with Gasteiger partial charge in [0.05, 0.1) is 16.8 Å². The molecule has 0 saturated carbocycles. The summed E-state index contributed by atoms with van der Waals surface area (Å²) in [5.41, 5.74) is 10.9. The molecule has 6 aromatic rings. The molecule has 0 radical (unpaired) electrons. The predicted octanol–water partition coefficient (Wildman–Crippen LogP) is 13.2. The number of carbonyl (C=O) groups excluding carboxylic acids is 2. The fraction of sp³-hybridized carbons (Fsp3) is 0.175. The van der Waals surface area contributed by atoms with E-state index in [1.807, 2.05) is 92.0 Å². The zero-order valence-electron chi connectivity index (χ0n) is 37.3. The third-order valence-corrected chi connectivity index (χ3v) is 12.3. The second-order valence-corrected chi connectivity index (χ2v) is 17.1. The summed E-state index contributed by atoms with van der Waals surface area (Å²) in [6.45, 7) is 8.73. The first-order valence-electron chi connectivity index (χ1n) is 21.7. The summed E-state index contributed by atoms with van der Waals surface area (Å²) in [4.78, 5) is 35.4. The van der Waals surface area contributed by atoms with Crippen molar-refractivity contribution in [3.63, 3.8) is 0 Å². The van der Waals surface area contributed by atoms with Crippen molar-refractivity contribution in [2.75, 3.05) is 23.9 Å². The van der Waals surface area contributed by atoms with Gasteiger partial charge in [0.1, 0.15) is 11.5 Å². The van der Waals surface area contributed by atoms with Crippen molar-refractivity contribution in [3.05, 3.63) is 233 Å². The predicted molar refractivity (Wildman–Crippen MR) is 260 cm³/mol. The smallest absolute Gasteiger partial charge is 0.343 e. The van der Waals surface area contributed by atoms with E-state index in [0.29, 0.717) is 22.6 Å². The number of anilines is 3. The zero-order valence-corrected chi connectivity index (χ0v) is 37.3. The number of benzene rings is 6. The van der Waals surface area contributed by atoms with E-state index in [-0.39, 0.29) is 11.4 Å². The molecule has 0 spiro atoms. The molecule has 0 unspecified atom stereocenters. The Morgan fingerprint density at radius 3 is 1.78 bits per heavy atom. The summed E-state index contributed by atoms with van der Waals surface area (Å²) in [5.74, 6) is 0.222. The number of esters is 2. The molecular formula is C57H53N3O4. The number of carbonyl (C=O) groups is 2. The lowest BCUT2D eigenvalue weighted by molar-refractivity contribution is 0.0725. The molecular weight excluding hydrogens is 791 g/mol. The first kappa shape index (κ1) is 43.2. The first-order valence-corrected chi connectivity index (χ1v) is 21.7. The zero-order chi connectivity index (χ0) is 44.8. The number of allylic oxidation sites excluding steroid dienone is 7. The molecule has 0 amide bonds. The van der Waals surface area contributed by atoms with Gasteiger partial charge in [0.15, 0.2) is 0 Å². The summed E-state index contributed by atoms with van der Waals surface area (Å²) >= 11 is 0. The number of hydrogen-bond acceptors (Lipinski definition) is 7. The van der Waals surface area contributed by atoms with E-state index in [4.69, 9.17) is 14.5 Å². The van der Waals surface area contributed by atoms with Gasteiger partial charge in [-0.15, -0.1) is 0 Å². The molecule has 0 atom stereocenters. The number of ether oxygens (including phenoxy) is 2. The van der Waals surface area contributed by atoms with Crippen LogP contribution in [0, 0.1) is 0 Å². The maximum atomic E-state index is 13.0. The Balaban J connectivity index is 1.15. The van der Waals surface area contributed by atoms with Crippen LogP contribution >= 0.6 is 0 Å². The monoisotopic (exact) mass is 843 g/mol. The number of nitrogens with zero attached hydrogens (tertiary/aromatic N) is 3. The maximum absolute atomic E-state index is 13.0. The van der Waals surface area contributed by atoms with E-state index < -0.39 is 11.4 Å². The molecule has 0 N–H and O–H groups in total. The Morgan fingerprint density at radius 1 is 0.672 bits per heavy atom. The van der Waals surface area contributed by atoms with Crippen LogP contribution < -0.4 is 19.3 Å². The van der Waals surface area contributed by atoms with Crippen LogP contribution in [-0.2, 0) is 10.8 Å². The summed E-state index contributed by atoms with van der Waals surface area (Å²) in [7, 11) is 3.93.